The van der Waals surface area contributed by atoms with Crippen LogP contribution in [0.25, 0.3) is 0 Å². The number of aromatic nitrogens is 2. The summed E-state index contributed by atoms with van der Waals surface area (Å²) in [5, 5.41) is 15.5. The summed E-state index contributed by atoms with van der Waals surface area (Å²) in [6.45, 7) is 1.91. The molecule has 0 bridgehead atoms. The molecule has 102 valence electrons. The Labute approximate surface area is 120 Å². The van der Waals surface area contributed by atoms with Gasteiger partial charge >= 0.3 is 0 Å². The van der Waals surface area contributed by atoms with Gasteiger partial charge in [-0.3, -0.25) is 4.79 Å². The van der Waals surface area contributed by atoms with Crippen molar-refractivity contribution in [3.05, 3.63) is 34.3 Å². The van der Waals surface area contributed by atoms with E-state index in [0.29, 0.717) is 34.0 Å². The maximum atomic E-state index is 12.2. The number of carbonyl (C=O) groups is 1. The van der Waals surface area contributed by atoms with Crippen molar-refractivity contribution in [3.8, 4) is 11.8 Å². The molecular formula is C13H12N4O2S. The Balaban J connectivity index is 2.26. The molecule has 0 aliphatic carbocycles. The zero-order chi connectivity index (χ0) is 14.5. The van der Waals surface area contributed by atoms with Gasteiger partial charge in [0.05, 0.1) is 30.1 Å². The van der Waals surface area contributed by atoms with Gasteiger partial charge in [-0.05, 0) is 30.1 Å². The van der Waals surface area contributed by atoms with Crippen LogP contribution in [0.15, 0.2) is 18.2 Å². The van der Waals surface area contributed by atoms with Crippen LogP contribution in [-0.2, 0) is 6.42 Å². The van der Waals surface area contributed by atoms with Gasteiger partial charge in [0, 0.05) is 6.07 Å². The van der Waals surface area contributed by atoms with E-state index in [-0.39, 0.29) is 5.91 Å². The van der Waals surface area contributed by atoms with Gasteiger partial charge in [-0.15, -0.1) is 5.10 Å². The van der Waals surface area contributed by atoms with Gasteiger partial charge < -0.3 is 10.1 Å². The highest BCUT2D eigenvalue weighted by atomic mass is 32.1. The minimum absolute atomic E-state index is 0.278. The van der Waals surface area contributed by atoms with Gasteiger partial charge in [-0.25, -0.2) is 0 Å². The van der Waals surface area contributed by atoms with Crippen molar-refractivity contribution in [1.29, 1.82) is 5.26 Å². The Morgan fingerprint density at radius 2 is 2.35 bits per heavy atom. The second-order valence-electron chi connectivity index (χ2n) is 3.88. The number of benzene rings is 1. The van der Waals surface area contributed by atoms with Crippen molar-refractivity contribution < 1.29 is 9.53 Å². The van der Waals surface area contributed by atoms with E-state index in [9.17, 15) is 4.79 Å². The highest BCUT2D eigenvalue weighted by Gasteiger charge is 2.16. The molecule has 1 N–H and O–H groups in total. The summed E-state index contributed by atoms with van der Waals surface area (Å²) in [7, 11) is 1.48. The molecule has 1 aromatic carbocycles. The standard InChI is InChI=1S/C13H12N4O2S/c1-3-9-12(20-17-16-9)13(18)15-10-5-4-8(7-14)6-11(10)19-2/h4-6H,3H2,1-2H3,(H,15,18). The van der Waals surface area contributed by atoms with E-state index in [0.717, 1.165) is 11.5 Å². The van der Waals surface area contributed by atoms with E-state index >= 15 is 0 Å². The molecule has 0 fully saturated rings. The van der Waals surface area contributed by atoms with Crippen molar-refractivity contribution in [2.45, 2.75) is 13.3 Å². The largest absolute Gasteiger partial charge is 0.495 e. The first-order valence-electron chi connectivity index (χ1n) is 5.90. The molecule has 0 aliphatic heterocycles. The predicted octanol–water partition coefficient (Wildman–Crippen LogP) is 2.23. The molecule has 0 saturated carbocycles. The third kappa shape index (κ3) is 2.75. The van der Waals surface area contributed by atoms with Gasteiger partial charge in [0.2, 0.25) is 0 Å². The lowest BCUT2D eigenvalue weighted by molar-refractivity contribution is 0.102. The van der Waals surface area contributed by atoms with Crippen LogP contribution < -0.4 is 10.1 Å². The molecule has 2 aromatic rings. The van der Waals surface area contributed by atoms with Crippen LogP contribution in [0, 0.1) is 11.3 Å². The smallest absolute Gasteiger partial charge is 0.269 e. The van der Waals surface area contributed by atoms with Crippen LogP contribution in [0.1, 0.15) is 27.9 Å². The zero-order valence-corrected chi connectivity index (χ0v) is 11.8. The van der Waals surface area contributed by atoms with E-state index in [2.05, 4.69) is 14.9 Å². The van der Waals surface area contributed by atoms with Crippen LogP contribution in [0.2, 0.25) is 0 Å². The van der Waals surface area contributed by atoms with E-state index < -0.39 is 0 Å². The van der Waals surface area contributed by atoms with Crippen LogP contribution in [0.5, 0.6) is 5.75 Å². The van der Waals surface area contributed by atoms with E-state index in [1.165, 1.54) is 7.11 Å². The minimum atomic E-state index is -0.278. The number of hydrogen-bond donors (Lipinski definition) is 1. The Hall–Kier alpha value is -2.46. The monoisotopic (exact) mass is 288 g/mol. The second-order valence-corrected chi connectivity index (χ2v) is 4.64. The minimum Gasteiger partial charge on any atom is -0.495 e. The molecule has 0 atom stereocenters. The summed E-state index contributed by atoms with van der Waals surface area (Å²) >= 11 is 1.06. The number of nitrogens with one attached hydrogen (secondary N) is 1. The normalized spacial score (nSPS) is 9.85. The number of methoxy groups -OCH3 is 1. The highest BCUT2D eigenvalue weighted by Crippen LogP contribution is 2.26. The van der Waals surface area contributed by atoms with Crippen molar-refractivity contribution in [3.63, 3.8) is 0 Å². The number of amides is 1. The molecule has 1 aromatic heterocycles. The topological polar surface area (TPSA) is 87.9 Å². The van der Waals surface area contributed by atoms with Crippen LogP contribution in [0.4, 0.5) is 5.69 Å². The third-order valence-corrected chi connectivity index (χ3v) is 3.44. The van der Waals surface area contributed by atoms with Crippen LogP contribution in [0.3, 0.4) is 0 Å². The average molecular weight is 288 g/mol. The Morgan fingerprint density at radius 1 is 1.55 bits per heavy atom. The molecule has 7 heteroatoms. The first kappa shape index (κ1) is 14.0. The fourth-order valence-electron chi connectivity index (χ4n) is 1.66. The number of rotatable bonds is 4. The molecule has 1 heterocycles. The Bertz CT molecular complexity index is 675. The van der Waals surface area contributed by atoms with Gasteiger partial charge in [-0.1, -0.05) is 11.4 Å². The number of nitrogens with zero attached hydrogens (tertiary/aromatic N) is 3. The van der Waals surface area contributed by atoms with Gasteiger partial charge in [-0.2, -0.15) is 5.26 Å². The summed E-state index contributed by atoms with van der Waals surface area (Å²) in [6, 6.07) is 6.84. The van der Waals surface area contributed by atoms with Crippen molar-refractivity contribution >= 4 is 23.1 Å². The summed E-state index contributed by atoms with van der Waals surface area (Å²) in [5.41, 5.74) is 1.64. The number of ether oxygens (including phenoxy) is 1. The second kappa shape index (κ2) is 6.12. The fraction of sp³-hybridized carbons (Fsp3) is 0.231. The first-order chi connectivity index (χ1) is 9.69. The molecule has 0 saturated heterocycles. The molecule has 20 heavy (non-hydrogen) atoms. The average Bonchev–Trinajstić information content (AvgIpc) is 2.96. The van der Waals surface area contributed by atoms with Gasteiger partial charge in [0.15, 0.2) is 0 Å². The number of hydrogen-bond acceptors (Lipinski definition) is 6. The molecule has 2 rings (SSSR count). The fourth-order valence-corrected chi connectivity index (χ4v) is 2.30. The van der Waals surface area contributed by atoms with E-state index in [1.807, 2.05) is 13.0 Å². The molecule has 0 aliphatic rings. The SMILES string of the molecule is CCc1nnsc1C(=O)Nc1ccc(C#N)cc1OC. The number of anilines is 1. The Morgan fingerprint density at radius 3 is 3.00 bits per heavy atom. The van der Waals surface area contributed by atoms with Crippen LogP contribution >= 0.6 is 11.5 Å². The zero-order valence-electron chi connectivity index (χ0n) is 11.0. The Kier molecular flexibility index (Phi) is 4.27. The molecule has 0 spiro atoms. The predicted molar refractivity (Wildman–Crippen MR) is 74.9 cm³/mol. The van der Waals surface area contributed by atoms with Crippen molar-refractivity contribution in [1.82, 2.24) is 9.59 Å². The van der Waals surface area contributed by atoms with Gasteiger partial charge in [0.1, 0.15) is 10.6 Å². The number of carbonyl (C=O) groups excluding carboxylic acids is 1. The summed E-state index contributed by atoms with van der Waals surface area (Å²) < 4.78 is 8.95. The maximum absolute atomic E-state index is 12.2. The number of aryl methyl sites for hydroxylation is 1. The first-order valence-corrected chi connectivity index (χ1v) is 6.67. The van der Waals surface area contributed by atoms with Crippen molar-refractivity contribution in [2.75, 3.05) is 12.4 Å². The summed E-state index contributed by atoms with van der Waals surface area (Å²) in [6.07, 6.45) is 0.643. The van der Waals surface area contributed by atoms with Crippen LogP contribution in [-0.4, -0.2) is 22.6 Å². The molecule has 1 amide bonds. The highest BCUT2D eigenvalue weighted by molar-refractivity contribution is 7.08. The molecule has 6 nitrogen and oxygen atoms in total. The lowest BCUT2D eigenvalue weighted by Gasteiger charge is -2.09. The number of nitriles is 1. The molecule has 0 unspecified atom stereocenters. The third-order valence-electron chi connectivity index (χ3n) is 2.68. The van der Waals surface area contributed by atoms with Gasteiger partial charge in [0.25, 0.3) is 5.91 Å². The van der Waals surface area contributed by atoms with Crippen molar-refractivity contribution in [2.24, 2.45) is 0 Å². The van der Waals surface area contributed by atoms with E-state index in [1.54, 1.807) is 18.2 Å². The quantitative estimate of drug-likeness (QED) is 0.932. The van der Waals surface area contributed by atoms with E-state index in [4.69, 9.17) is 10.00 Å². The maximum Gasteiger partial charge on any atom is 0.269 e. The molecule has 0 radical (unpaired) electrons. The lowest BCUT2D eigenvalue weighted by Crippen LogP contribution is -2.13. The summed E-state index contributed by atoms with van der Waals surface area (Å²) in [4.78, 5) is 12.7. The summed E-state index contributed by atoms with van der Waals surface area (Å²) in [5.74, 6) is 0.160. The molecular weight excluding hydrogens is 276 g/mol. The lowest BCUT2D eigenvalue weighted by atomic mass is 10.2.